The summed E-state index contributed by atoms with van der Waals surface area (Å²) in [7, 11) is 1.57. The van der Waals surface area contributed by atoms with Gasteiger partial charge in [0, 0.05) is 27.6 Å². The van der Waals surface area contributed by atoms with E-state index in [-0.39, 0.29) is 11.3 Å². The molecule has 1 atom stereocenters. The van der Waals surface area contributed by atoms with E-state index in [1.54, 1.807) is 25.5 Å². The van der Waals surface area contributed by atoms with Crippen LogP contribution < -0.4 is 15.1 Å². The number of nitrogens with one attached hydrogen (secondary N) is 1. The minimum Gasteiger partial charge on any atom is -0.493 e. The second-order valence-corrected chi connectivity index (χ2v) is 10.2. The van der Waals surface area contributed by atoms with Gasteiger partial charge in [0.05, 0.1) is 13.3 Å². The number of hydrogen-bond donors (Lipinski definition) is 1. The van der Waals surface area contributed by atoms with Gasteiger partial charge in [-0.25, -0.2) is 5.43 Å². The Balaban J connectivity index is 1.56. The van der Waals surface area contributed by atoms with Crippen LogP contribution in [0.2, 0.25) is 0 Å². The molecule has 1 aliphatic rings. The van der Waals surface area contributed by atoms with Crippen LogP contribution >= 0.6 is 15.9 Å². The first-order valence-corrected chi connectivity index (χ1v) is 12.0. The van der Waals surface area contributed by atoms with Crippen molar-refractivity contribution in [2.45, 2.75) is 52.5 Å². The smallest absolute Gasteiger partial charge is 0.307 e. The van der Waals surface area contributed by atoms with Crippen molar-refractivity contribution >= 4 is 44.7 Å². The topological polar surface area (TPSA) is 67.1 Å². The van der Waals surface area contributed by atoms with Crippen LogP contribution in [0.3, 0.4) is 0 Å². The third-order valence-electron chi connectivity index (χ3n) is 6.45. The lowest BCUT2D eigenvalue weighted by Crippen LogP contribution is -2.48. The maximum Gasteiger partial charge on any atom is 0.307 e. The summed E-state index contributed by atoms with van der Waals surface area (Å²) in [5, 5.41) is 4.99. The van der Waals surface area contributed by atoms with Crippen LogP contribution in [-0.2, 0) is 0 Å². The monoisotopic (exact) mass is 511 g/mol. The summed E-state index contributed by atoms with van der Waals surface area (Å²) in [6.45, 7) is 12.1. The molecule has 2 heterocycles. The van der Waals surface area contributed by atoms with Crippen LogP contribution in [0, 0.1) is 6.92 Å². The van der Waals surface area contributed by atoms with Gasteiger partial charge in [-0.15, -0.1) is 0 Å². The van der Waals surface area contributed by atoms with Crippen molar-refractivity contribution in [1.82, 2.24) is 5.43 Å². The van der Waals surface area contributed by atoms with Crippen molar-refractivity contribution in [3.8, 4) is 5.75 Å². The molecule has 7 heteroatoms. The molecule has 0 fully saturated rings. The molecule has 0 spiro atoms. The summed E-state index contributed by atoms with van der Waals surface area (Å²) in [6.07, 6.45) is 2.80. The fourth-order valence-electron chi connectivity index (χ4n) is 4.95. The molecule has 0 radical (unpaired) electrons. The van der Waals surface area contributed by atoms with Gasteiger partial charge in [0.25, 0.3) is 0 Å². The molecule has 4 rings (SSSR count). The van der Waals surface area contributed by atoms with E-state index < -0.39 is 5.91 Å². The van der Waals surface area contributed by atoms with E-state index in [1.807, 2.05) is 6.07 Å². The van der Waals surface area contributed by atoms with Crippen molar-refractivity contribution in [2.75, 3.05) is 18.6 Å². The van der Waals surface area contributed by atoms with Gasteiger partial charge in [0.1, 0.15) is 0 Å². The van der Waals surface area contributed by atoms with Crippen LogP contribution in [0.15, 0.2) is 44.3 Å². The van der Waals surface area contributed by atoms with Crippen molar-refractivity contribution in [3.63, 3.8) is 0 Å². The van der Waals surface area contributed by atoms with E-state index in [4.69, 9.17) is 9.15 Å². The van der Waals surface area contributed by atoms with Crippen molar-refractivity contribution in [2.24, 2.45) is 5.10 Å². The highest BCUT2D eigenvalue weighted by Crippen LogP contribution is 2.44. The molecule has 0 saturated carbocycles. The normalized spacial score (nSPS) is 17.4. The Hall–Kier alpha value is -2.80. The number of fused-ring (bicyclic) bond motifs is 2. The Bertz CT molecular complexity index is 1250. The molecule has 1 unspecified atom stereocenters. The number of carbonyl (C=O) groups is 1. The summed E-state index contributed by atoms with van der Waals surface area (Å²) in [6, 6.07) is 9.79. The fourth-order valence-corrected chi connectivity index (χ4v) is 5.41. The number of carbonyl (C=O) groups excluding carboxylic acids is 1. The van der Waals surface area contributed by atoms with Gasteiger partial charge in [-0.1, -0.05) is 22.9 Å². The summed E-state index contributed by atoms with van der Waals surface area (Å²) in [4.78, 5) is 15.1. The highest BCUT2D eigenvalue weighted by molar-refractivity contribution is 9.10. The van der Waals surface area contributed by atoms with Gasteiger partial charge in [-0.2, -0.15) is 5.10 Å². The minimum atomic E-state index is -0.413. The molecular weight excluding hydrogens is 482 g/mol. The number of amides is 1. The number of nitrogens with zero attached hydrogens (tertiary/aromatic N) is 2. The number of hydrazone groups is 1. The zero-order chi connectivity index (χ0) is 23.9. The van der Waals surface area contributed by atoms with Crippen molar-refractivity contribution in [3.05, 3.63) is 57.3 Å². The second-order valence-electron chi connectivity index (χ2n) is 9.27. The lowest BCUT2D eigenvalue weighted by atomic mass is 9.79. The summed E-state index contributed by atoms with van der Waals surface area (Å²) in [5.41, 5.74) is 7.97. The predicted molar refractivity (Wildman–Crippen MR) is 137 cm³/mol. The zero-order valence-corrected chi connectivity index (χ0v) is 21.5. The number of hydrogen-bond acceptors (Lipinski definition) is 5. The number of benzene rings is 2. The number of furan rings is 1. The molecule has 0 bridgehead atoms. The van der Waals surface area contributed by atoms with E-state index in [0.717, 1.165) is 34.0 Å². The first-order chi connectivity index (χ1) is 15.6. The van der Waals surface area contributed by atoms with Crippen LogP contribution in [0.1, 0.15) is 67.3 Å². The average molecular weight is 512 g/mol. The number of aryl methyl sites for hydroxylation is 1. The number of methoxy groups -OCH3 is 1. The van der Waals surface area contributed by atoms with E-state index in [0.29, 0.717) is 17.3 Å². The SMILES string of the molecule is CCN1c2cc(C)c(/C=N\NC(=O)c3cc4cc(Br)cc(OC)c4o3)cc2C(C)CC1(C)C. The molecular formula is C26H30BrN3O3. The molecule has 1 aromatic heterocycles. The van der Waals surface area contributed by atoms with Gasteiger partial charge in [-0.05, 0) is 87.1 Å². The Morgan fingerprint density at radius 2 is 2.09 bits per heavy atom. The Morgan fingerprint density at radius 1 is 1.33 bits per heavy atom. The minimum absolute atomic E-state index is 0.127. The highest BCUT2D eigenvalue weighted by atomic mass is 79.9. The van der Waals surface area contributed by atoms with Gasteiger partial charge in [-0.3, -0.25) is 4.79 Å². The largest absolute Gasteiger partial charge is 0.493 e. The summed E-state index contributed by atoms with van der Waals surface area (Å²) < 4.78 is 11.9. The quantitative estimate of drug-likeness (QED) is 0.318. The molecule has 174 valence electrons. The maximum absolute atomic E-state index is 12.6. The number of ether oxygens (including phenoxy) is 1. The van der Waals surface area contributed by atoms with Crippen molar-refractivity contribution < 1.29 is 13.9 Å². The third kappa shape index (κ3) is 4.38. The number of halogens is 1. The third-order valence-corrected chi connectivity index (χ3v) is 6.91. The maximum atomic E-state index is 12.6. The van der Waals surface area contributed by atoms with Crippen LogP contribution in [-0.4, -0.2) is 31.3 Å². The molecule has 6 nitrogen and oxygen atoms in total. The molecule has 1 aliphatic heterocycles. The van der Waals surface area contributed by atoms with Crippen LogP contribution in [0.5, 0.6) is 5.75 Å². The summed E-state index contributed by atoms with van der Waals surface area (Å²) >= 11 is 3.44. The number of rotatable bonds is 5. The standard InChI is InChI=1S/C26H30BrN3O3/c1-7-30-21-8-15(2)18(10-20(21)16(3)13-26(30,4)5)14-28-29-25(31)23-11-17-9-19(27)12-22(32-6)24(17)33-23/h8-12,14,16H,7,13H2,1-6H3,(H,29,31)/b28-14-. The lowest BCUT2D eigenvalue weighted by molar-refractivity contribution is 0.0929. The second kappa shape index (κ2) is 8.86. The number of anilines is 1. The Labute approximate surface area is 203 Å². The highest BCUT2D eigenvalue weighted by Gasteiger charge is 2.35. The molecule has 0 saturated heterocycles. The van der Waals surface area contributed by atoms with Crippen molar-refractivity contribution in [1.29, 1.82) is 0 Å². The first-order valence-electron chi connectivity index (χ1n) is 11.2. The molecule has 1 amide bonds. The molecule has 0 aliphatic carbocycles. The first kappa shape index (κ1) is 23.4. The van der Waals surface area contributed by atoms with E-state index in [1.165, 1.54) is 11.3 Å². The van der Waals surface area contributed by atoms with E-state index in [9.17, 15) is 4.79 Å². The fraction of sp³-hybridized carbons (Fsp3) is 0.385. The molecule has 2 aromatic carbocycles. The lowest BCUT2D eigenvalue weighted by Gasteiger charge is -2.47. The van der Waals surface area contributed by atoms with Gasteiger partial charge < -0.3 is 14.1 Å². The van der Waals surface area contributed by atoms with Crippen LogP contribution in [0.4, 0.5) is 5.69 Å². The Morgan fingerprint density at radius 3 is 2.79 bits per heavy atom. The van der Waals surface area contributed by atoms with Gasteiger partial charge in [0.15, 0.2) is 17.1 Å². The zero-order valence-electron chi connectivity index (χ0n) is 20.0. The molecule has 33 heavy (non-hydrogen) atoms. The molecule has 3 aromatic rings. The van der Waals surface area contributed by atoms with Crippen LogP contribution in [0.25, 0.3) is 11.0 Å². The van der Waals surface area contributed by atoms with Gasteiger partial charge >= 0.3 is 5.91 Å². The summed E-state index contributed by atoms with van der Waals surface area (Å²) in [5.74, 6) is 0.772. The van der Waals surface area contributed by atoms with E-state index >= 15 is 0 Å². The van der Waals surface area contributed by atoms with E-state index in [2.05, 4.69) is 78.1 Å². The Kier molecular flexibility index (Phi) is 6.27. The average Bonchev–Trinajstić information content (AvgIpc) is 3.17. The van der Waals surface area contributed by atoms with Gasteiger partial charge in [0.2, 0.25) is 0 Å². The molecule has 1 N–H and O–H groups in total. The predicted octanol–water partition coefficient (Wildman–Crippen LogP) is 6.39.